The first-order valence-corrected chi connectivity index (χ1v) is 9.94. The van der Waals surface area contributed by atoms with Gasteiger partial charge >= 0.3 is 8.08 Å². The van der Waals surface area contributed by atoms with Crippen molar-refractivity contribution in [3.63, 3.8) is 0 Å². The topological polar surface area (TPSA) is 29.5 Å². The van der Waals surface area contributed by atoms with Crippen LogP contribution in [0.2, 0.25) is 26.2 Å². The van der Waals surface area contributed by atoms with E-state index in [0.717, 1.165) is 0 Å². The lowest BCUT2D eigenvalue weighted by Gasteiger charge is -2.29. The highest BCUT2D eigenvalue weighted by atomic mass is 29.3. The van der Waals surface area contributed by atoms with E-state index in [1.807, 2.05) is 6.55 Å². The maximum atomic E-state index is 9.64. The maximum Gasteiger partial charge on any atom is 0.309 e. The molecule has 4 heteroatoms. The average molecular weight is 164 g/mol. The van der Waals surface area contributed by atoms with Gasteiger partial charge in [-0.1, -0.05) is 19.6 Å². The second kappa shape index (κ2) is 2.53. The van der Waals surface area contributed by atoms with Crippen LogP contribution in [0.4, 0.5) is 0 Å². The summed E-state index contributed by atoms with van der Waals surface area (Å²) >= 11 is 0. The largest absolute Gasteiger partial charge is 0.413 e. The molecule has 0 aromatic heterocycles. The molecule has 2 nitrogen and oxygen atoms in total. The van der Waals surface area contributed by atoms with E-state index in [2.05, 4.69) is 19.6 Å². The molecule has 0 aliphatic rings. The standard InChI is InChI=1S/C5H16O2Si2/c1-7-9(5,6)8(2,3)4/h6H,1-5H3. The van der Waals surface area contributed by atoms with Gasteiger partial charge in [0.15, 0.2) is 0 Å². The molecule has 0 bridgehead atoms. The van der Waals surface area contributed by atoms with Crippen LogP contribution in [0, 0.1) is 0 Å². The van der Waals surface area contributed by atoms with Gasteiger partial charge in [-0.3, -0.25) is 0 Å². The monoisotopic (exact) mass is 164 g/mol. The van der Waals surface area contributed by atoms with Gasteiger partial charge in [0.25, 0.3) is 0 Å². The average Bonchev–Trinajstić information content (AvgIpc) is 1.64. The van der Waals surface area contributed by atoms with E-state index >= 15 is 0 Å². The summed E-state index contributed by atoms with van der Waals surface area (Å²) in [6.45, 7) is 8.24. The molecule has 0 rings (SSSR count). The first-order chi connectivity index (χ1) is 3.81. The van der Waals surface area contributed by atoms with Crippen molar-refractivity contribution in [1.82, 2.24) is 0 Å². The second-order valence-electron chi connectivity index (χ2n) is 3.44. The van der Waals surface area contributed by atoms with E-state index in [0.29, 0.717) is 0 Å². The smallest absolute Gasteiger partial charge is 0.309 e. The first-order valence-electron chi connectivity index (χ1n) is 3.09. The Hall–Kier alpha value is 0.354. The zero-order valence-corrected chi connectivity index (χ0v) is 8.86. The molecule has 0 amide bonds. The molecule has 0 saturated heterocycles. The van der Waals surface area contributed by atoms with Crippen LogP contribution in [-0.4, -0.2) is 27.6 Å². The van der Waals surface area contributed by atoms with Gasteiger partial charge in [0.2, 0.25) is 0 Å². The van der Waals surface area contributed by atoms with Crippen molar-refractivity contribution in [3.8, 4) is 0 Å². The van der Waals surface area contributed by atoms with Crippen LogP contribution in [0.25, 0.3) is 0 Å². The molecule has 1 unspecified atom stereocenters. The van der Waals surface area contributed by atoms with Crippen LogP contribution >= 0.6 is 0 Å². The Balaban J connectivity index is 4.14. The van der Waals surface area contributed by atoms with Crippen molar-refractivity contribution >= 4 is 15.7 Å². The van der Waals surface area contributed by atoms with Gasteiger partial charge < -0.3 is 9.22 Å². The zero-order valence-electron chi connectivity index (χ0n) is 6.86. The van der Waals surface area contributed by atoms with Crippen molar-refractivity contribution in [2.45, 2.75) is 26.2 Å². The first kappa shape index (κ1) is 9.35. The van der Waals surface area contributed by atoms with Crippen molar-refractivity contribution in [3.05, 3.63) is 0 Å². The number of hydrogen-bond donors (Lipinski definition) is 1. The van der Waals surface area contributed by atoms with E-state index in [-0.39, 0.29) is 0 Å². The summed E-state index contributed by atoms with van der Waals surface area (Å²) in [6, 6.07) is 0. The molecule has 0 saturated carbocycles. The minimum absolute atomic E-state index is 1.41. The summed E-state index contributed by atoms with van der Waals surface area (Å²) in [4.78, 5) is 9.64. The van der Waals surface area contributed by atoms with Crippen LogP contribution < -0.4 is 0 Å². The fourth-order valence-corrected chi connectivity index (χ4v) is 2.76. The van der Waals surface area contributed by atoms with Gasteiger partial charge in [-0.15, -0.1) is 0 Å². The Kier molecular flexibility index (Phi) is 2.63. The lowest BCUT2D eigenvalue weighted by molar-refractivity contribution is 0.318. The van der Waals surface area contributed by atoms with Crippen LogP contribution in [0.1, 0.15) is 0 Å². The Morgan fingerprint density at radius 1 is 1.11 bits per heavy atom. The van der Waals surface area contributed by atoms with Gasteiger partial charge in [0, 0.05) is 7.11 Å². The van der Waals surface area contributed by atoms with Crippen molar-refractivity contribution in [2.75, 3.05) is 7.11 Å². The van der Waals surface area contributed by atoms with E-state index in [1.165, 1.54) is 0 Å². The summed E-state index contributed by atoms with van der Waals surface area (Å²) < 4.78 is 5.06. The Morgan fingerprint density at radius 2 is 1.44 bits per heavy atom. The Bertz CT molecular complexity index is 95.6. The lowest BCUT2D eigenvalue weighted by atomic mass is 11.8. The molecular formula is C5H16O2Si2. The highest BCUT2D eigenvalue weighted by Crippen LogP contribution is 2.15. The van der Waals surface area contributed by atoms with Crippen LogP contribution in [-0.2, 0) is 4.43 Å². The summed E-state index contributed by atoms with van der Waals surface area (Å²) in [6.07, 6.45) is 0. The fourth-order valence-electron chi connectivity index (χ4n) is 0.306. The van der Waals surface area contributed by atoms with Crippen LogP contribution in [0.3, 0.4) is 0 Å². The Morgan fingerprint density at radius 3 is 1.44 bits per heavy atom. The van der Waals surface area contributed by atoms with E-state index in [9.17, 15) is 4.80 Å². The Labute approximate surface area is 58.9 Å². The third-order valence-corrected chi connectivity index (χ3v) is 14.3. The molecular weight excluding hydrogens is 148 g/mol. The van der Waals surface area contributed by atoms with Crippen molar-refractivity contribution in [1.29, 1.82) is 0 Å². The predicted molar refractivity (Wildman–Crippen MR) is 44.2 cm³/mol. The summed E-state index contributed by atoms with van der Waals surface area (Å²) in [7, 11) is -2.05. The van der Waals surface area contributed by atoms with Gasteiger partial charge in [0.1, 0.15) is 7.59 Å². The van der Waals surface area contributed by atoms with Gasteiger partial charge in [-0.2, -0.15) is 0 Å². The molecule has 0 aromatic carbocycles. The van der Waals surface area contributed by atoms with Gasteiger partial charge in [0.05, 0.1) is 0 Å². The molecule has 0 spiro atoms. The molecule has 0 aliphatic carbocycles. The predicted octanol–water partition coefficient (Wildman–Crippen LogP) is 1.11. The summed E-state index contributed by atoms with van der Waals surface area (Å²) in [5.74, 6) is 0. The molecule has 9 heavy (non-hydrogen) atoms. The molecule has 56 valence electrons. The van der Waals surface area contributed by atoms with E-state index < -0.39 is 15.7 Å². The van der Waals surface area contributed by atoms with E-state index in [4.69, 9.17) is 4.43 Å². The normalized spacial score (nSPS) is 19.3. The molecule has 0 aliphatic heterocycles. The highest BCUT2D eigenvalue weighted by molar-refractivity contribution is 7.35. The SMILES string of the molecule is CO[Si](C)(O)[Si](C)(C)C. The van der Waals surface area contributed by atoms with Gasteiger partial charge in [-0.05, 0) is 6.55 Å². The fraction of sp³-hybridized carbons (Fsp3) is 1.00. The summed E-state index contributed by atoms with van der Waals surface area (Å²) in [5, 5.41) is 0. The molecule has 0 radical (unpaired) electrons. The molecule has 0 heterocycles. The zero-order chi connectivity index (χ0) is 7.71. The molecule has 0 fully saturated rings. The third-order valence-electron chi connectivity index (χ3n) is 1.79. The van der Waals surface area contributed by atoms with Crippen molar-refractivity contribution in [2.24, 2.45) is 0 Å². The van der Waals surface area contributed by atoms with Crippen molar-refractivity contribution < 1.29 is 9.22 Å². The highest BCUT2D eigenvalue weighted by Gasteiger charge is 2.41. The summed E-state index contributed by atoms with van der Waals surface area (Å²) in [5.41, 5.74) is 0. The third kappa shape index (κ3) is 2.21. The number of rotatable bonds is 2. The van der Waals surface area contributed by atoms with E-state index in [1.54, 1.807) is 7.11 Å². The molecule has 1 atom stereocenters. The van der Waals surface area contributed by atoms with Crippen LogP contribution in [0.15, 0.2) is 0 Å². The minimum atomic E-state index is -2.24. The molecule has 1 N–H and O–H groups in total. The lowest BCUT2D eigenvalue weighted by Crippen LogP contribution is -2.56. The van der Waals surface area contributed by atoms with Gasteiger partial charge in [-0.25, -0.2) is 0 Å². The number of hydrogen-bond acceptors (Lipinski definition) is 2. The second-order valence-corrected chi connectivity index (χ2v) is 17.6. The molecule has 0 aromatic rings. The maximum absolute atomic E-state index is 9.64. The van der Waals surface area contributed by atoms with Crippen LogP contribution in [0.5, 0.6) is 0 Å². The minimum Gasteiger partial charge on any atom is -0.413 e. The quantitative estimate of drug-likeness (QED) is 0.620.